The second-order valence-corrected chi connectivity index (χ2v) is 6.36. The van der Waals surface area contributed by atoms with Crippen molar-refractivity contribution in [3.8, 4) is 0 Å². The van der Waals surface area contributed by atoms with E-state index in [2.05, 4.69) is 20.5 Å². The summed E-state index contributed by atoms with van der Waals surface area (Å²) in [5.41, 5.74) is 1.79. The highest BCUT2D eigenvalue weighted by atomic mass is 35.5. The van der Waals surface area contributed by atoms with E-state index in [1.54, 1.807) is 30.5 Å². The molecule has 0 aliphatic rings. The van der Waals surface area contributed by atoms with Crippen LogP contribution < -0.4 is 10.6 Å². The zero-order valence-corrected chi connectivity index (χ0v) is 15.2. The van der Waals surface area contributed by atoms with Crippen LogP contribution in [0.2, 0.25) is 10.0 Å². The van der Waals surface area contributed by atoms with Gasteiger partial charge in [0.1, 0.15) is 5.69 Å². The molecule has 2 aromatic rings. The average Bonchev–Trinajstić information content (AvgIpc) is 2.56. The number of nitrogens with zero attached hydrogens (tertiary/aromatic N) is 2. The third kappa shape index (κ3) is 5.37. The van der Waals surface area contributed by atoms with Crippen LogP contribution in [0.1, 0.15) is 16.9 Å². The molecule has 0 bridgehead atoms. The van der Waals surface area contributed by atoms with Crippen molar-refractivity contribution in [2.75, 3.05) is 32.5 Å². The second-order valence-electron chi connectivity index (χ2n) is 5.57. The molecule has 0 saturated heterocycles. The number of carbonyl (C=O) groups is 1. The Balaban J connectivity index is 1.93. The first-order chi connectivity index (χ1) is 11.5. The average molecular weight is 367 g/mol. The first kappa shape index (κ1) is 18.5. The SMILES string of the molecule is CN(C)CCCNC(=O)c1ccc(Nc2cccc(Cl)c2Cl)cn1. The van der Waals surface area contributed by atoms with Gasteiger partial charge in [-0.2, -0.15) is 0 Å². The Morgan fingerprint density at radius 3 is 2.67 bits per heavy atom. The quantitative estimate of drug-likeness (QED) is 0.731. The van der Waals surface area contributed by atoms with Crippen molar-refractivity contribution >= 4 is 40.5 Å². The van der Waals surface area contributed by atoms with E-state index >= 15 is 0 Å². The fraction of sp³-hybridized carbons (Fsp3) is 0.294. The van der Waals surface area contributed by atoms with E-state index in [1.165, 1.54) is 0 Å². The summed E-state index contributed by atoms with van der Waals surface area (Å²) in [5.74, 6) is -0.180. The number of amides is 1. The number of pyridine rings is 1. The number of benzene rings is 1. The van der Waals surface area contributed by atoms with Crippen LogP contribution in [0.15, 0.2) is 36.5 Å². The van der Waals surface area contributed by atoms with Crippen LogP contribution in [-0.4, -0.2) is 43.0 Å². The van der Waals surface area contributed by atoms with E-state index in [-0.39, 0.29) is 5.91 Å². The van der Waals surface area contributed by atoms with Crippen molar-refractivity contribution < 1.29 is 4.79 Å². The Hall–Kier alpha value is -1.82. The number of anilines is 2. The fourth-order valence-electron chi connectivity index (χ4n) is 2.05. The zero-order valence-electron chi connectivity index (χ0n) is 13.6. The molecule has 0 spiro atoms. The van der Waals surface area contributed by atoms with Crippen LogP contribution in [0.5, 0.6) is 0 Å². The summed E-state index contributed by atoms with van der Waals surface area (Å²) in [5, 5.41) is 6.90. The molecule has 0 fully saturated rings. The summed E-state index contributed by atoms with van der Waals surface area (Å²) < 4.78 is 0. The fourth-order valence-corrected chi connectivity index (χ4v) is 2.39. The number of hydrogen-bond donors (Lipinski definition) is 2. The third-order valence-electron chi connectivity index (χ3n) is 3.29. The molecule has 1 heterocycles. The summed E-state index contributed by atoms with van der Waals surface area (Å²) in [6.45, 7) is 1.55. The van der Waals surface area contributed by atoms with Crippen molar-refractivity contribution in [1.82, 2.24) is 15.2 Å². The van der Waals surface area contributed by atoms with Crippen molar-refractivity contribution in [3.63, 3.8) is 0 Å². The number of halogens is 2. The minimum Gasteiger partial charge on any atom is -0.353 e. The number of carbonyl (C=O) groups excluding carboxylic acids is 1. The predicted octanol–water partition coefficient (Wildman–Crippen LogP) is 3.81. The zero-order chi connectivity index (χ0) is 17.5. The molecule has 0 aliphatic heterocycles. The monoisotopic (exact) mass is 366 g/mol. The molecular weight excluding hydrogens is 347 g/mol. The maximum absolute atomic E-state index is 12.0. The Morgan fingerprint density at radius 1 is 1.21 bits per heavy atom. The normalized spacial score (nSPS) is 10.7. The maximum Gasteiger partial charge on any atom is 0.269 e. The van der Waals surface area contributed by atoms with Gasteiger partial charge in [-0.05, 0) is 51.3 Å². The molecule has 0 atom stereocenters. The minimum atomic E-state index is -0.180. The molecule has 5 nitrogen and oxygen atoms in total. The Kier molecular flexibility index (Phi) is 6.85. The number of aromatic nitrogens is 1. The molecule has 128 valence electrons. The third-order valence-corrected chi connectivity index (χ3v) is 4.11. The molecule has 2 rings (SSSR count). The highest BCUT2D eigenvalue weighted by Gasteiger charge is 2.08. The lowest BCUT2D eigenvalue weighted by atomic mass is 10.2. The van der Waals surface area contributed by atoms with Gasteiger partial charge in [-0.3, -0.25) is 4.79 Å². The molecule has 1 aromatic heterocycles. The van der Waals surface area contributed by atoms with E-state index in [9.17, 15) is 4.79 Å². The molecule has 2 N–H and O–H groups in total. The van der Waals surface area contributed by atoms with Gasteiger partial charge in [-0.25, -0.2) is 4.98 Å². The van der Waals surface area contributed by atoms with E-state index in [0.29, 0.717) is 28.0 Å². The number of nitrogens with one attached hydrogen (secondary N) is 2. The lowest BCUT2D eigenvalue weighted by molar-refractivity contribution is 0.0947. The molecule has 0 unspecified atom stereocenters. The Bertz CT molecular complexity index is 689. The van der Waals surface area contributed by atoms with Crippen molar-refractivity contribution in [3.05, 3.63) is 52.3 Å². The van der Waals surface area contributed by atoms with E-state index < -0.39 is 0 Å². The van der Waals surface area contributed by atoms with Gasteiger partial charge in [0.25, 0.3) is 5.91 Å². The minimum absolute atomic E-state index is 0.180. The summed E-state index contributed by atoms with van der Waals surface area (Å²) >= 11 is 12.1. The lowest BCUT2D eigenvalue weighted by Crippen LogP contribution is -2.27. The van der Waals surface area contributed by atoms with Crippen molar-refractivity contribution in [2.45, 2.75) is 6.42 Å². The van der Waals surface area contributed by atoms with E-state index in [0.717, 1.165) is 18.7 Å². The summed E-state index contributed by atoms with van der Waals surface area (Å²) in [7, 11) is 4.00. The Morgan fingerprint density at radius 2 is 2.00 bits per heavy atom. The van der Waals surface area contributed by atoms with Crippen molar-refractivity contribution in [1.29, 1.82) is 0 Å². The van der Waals surface area contributed by atoms with Crippen LogP contribution in [-0.2, 0) is 0 Å². The van der Waals surface area contributed by atoms with Crippen LogP contribution >= 0.6 is 23.2 Å². The van der Waals surface area contributed by atoms with Crippen LogP contribution in [0.25, 0.3) is 0 Å². The maximum atomic E-state index is 12.0. The molecule has 7 heteroatoms. The van der Waals surface area contributed by atoms with Crippen molar-refractivity contribution in [2.24, 2.45) is 0 Å². The van der Waals surface area contributed by atoms with Gasteiger partial charge in [0.05, 0.1) is 27.6 Å². The van der Waals surface area contributed by atoms with Gasteiger partial charge in [0.15, 0.2) is 0 Å². The van der Waals surface area contributed by atoms with Gasteiger partial charge in [-0.15, -0.1) is 0 Å². The van der Waals surface area contributed by atoms with Crippen LogP contribution in [0, 0.1) is 0 Å². The van der Waals surface area contributed by atoms with Crippen LogP contribution in [0.4, 0.5) is 11.4 Å². The van der Waals surface area contributed by atoms with E-state index in [4.69, 9.17) is 23.2 Å². The van der Waals surface area contributed by atoms with Gasteiger partial charge < -0.3 is 15.5 Å². The largest absolute Gasteiger partial charge is 0.353 e. The standard InChI is InChI=1S/C17H20Cl2N4O/c1-23(2)10-4-9-20-17(24)15-8-7-12(11-21-15)22-14-6-3-5-13(18)16(14)19/h3,5-8,11,22H,4,9-10H2,1-2H3,(H,20,24). The highest BCUT2D eigenvalue weighted by molar-refractivity contribution is 6.43. The molecule has 1 aromatic carbocycles. The molecule has 0 radical (unpaired) electrons. The predicted molar refractivity (Wildman–Crippen MR) is 99.5 cm³/mol. The Labute approximate surface area is 152 Å². The molecule has 0 saturated carbocycles. The highest BCUT2D eigenvalue weighted by Crippen LogP contribution is 2.31. The van der Waals surface area contributed by atoms with E-state index in [1.807, 2.05) is 20.2 Å². The second kappa shape index (κ2) is 8.87. The molecule has 0 aliphatic carbocycles. The van der Waals surface area contributed by atoms with Gasteiger partial charge in [-0.1, -0.05) is 29.3 Å². The molecule has 1 amide bonds. The molecule has 24 heavy (non-hydrogen) atoms. The first-order valence-electron chi connectivity index (χ1n) is 7.57. The summed E-state index contributed by atoms with van der Waals surface area (Å²) in [6, 6.07) is 8.79. The number of hydrogen-bond acceptors (Lipinski definition) is 4. The van der Waals surface area contributed by atoms with Gasteiger partial charge in [0, 0.05) is 6.54 Å². The van der Waals surface area contributed by atoms with Gasteiger partial charge in [0.2, 0.25) is 0 Å². The summed E-state index contributed by atoms with van der Waals surface area (Å²) in [4.78, 5) is 18.3. The molecular formula is C17H20Cl2N4O. The smallest absolute Gasteiger partial charge is 0.269 e. The number of rotatable bonds is 7. The lowest BCUT2D eigenvalue weighted by Gasteiger charge is -2.11. The van der Waals surface area contributed by atoms with Crippen LogP contribution in [0.3, 0.4) is 0 Å². The topological polar surface area (TPSA) is 57.3 Å². The van der Waals surface area contributed by atoms with Gasteiger partial charge >= 0.3 is 0 Å². The summed E-state index contributed by atoms with van der Waals surface area (Å²) in [6.07, 6.45) is 2.48. The first-order valence-corrected chi connectivity index (χ1v) is 8.33.